The smallest absolute Gasteiger partial charge is 0.306 e. The maximum absolute atomic E-state index is 11.0. The molecule has 2 aliphatic rings. The highest BCUT2D eigenvalue weighted by atomic mass is 16.4. The molecule has 2 fully saturated rings. The Labute approximate surface area is 131 Å². The largest absolute Gasteiger partial charge is 0.481 e. The van der Waals surface area contributed by atoms with Gasteiger partial charge in [0, 0.05) is 26.2 Å². The number of anilines is 2. The van der Waals surface area contributed by atoms with Gasteiger partial charge in [0.25, 0.3) is 0 Å². The van der Waals surface area contributed by atoms with E-state index >= 15 is 0 Å². The first kappa shape index (κ1) is 15.1. The first-order chi connectivity index (χ1) is 10.7. The summed E-state index contributed by atoms with van der Waals surface area (Å²) in [5.41, 5.74) is 0. The molecule has 0 aromatic carbocycles. The van der Waals surface area contributed by atoms with Gasteiger partial charge in [-0.2, -0.15) is 0 Å². The van der Waals surface area contributed by atoms with Gasteiger partial charge in [0.05, 0.1) is 5.92 Å². The van der Waals surface area contributed by atoms with Crippen LogP contribution in [0.4, 0.5) is 11.6 Å². The second-order valence-electron chi connectivity index (χ2n) is 6.25. The van der Waals surface area contributed by atoms with Crippen LogP contribution in [-0.4, -0.2) is 47.5 Å². The third-order valence-electron chi connectivity index (χ3n) is 4.73. The Kier molecular flexibility index (Phi) is 4.75. The normalized spacial score (nSPS) is 20.7. The molecule has 3 rings (SSSR count). The molecule has 2 aliphatic heterocycles. The Morgan fingerprint density at radius 1 is 0.909 bits per heavy atom. The molecule has 0 atom stereocenters. The van der Waals surface area contributed by atoms with E-state index in [1.807, 2.05) is 6.07 Å². The number of carboxylic acids is 1. The van der Waals surface area contributed by atoms with Gasteiger partial charge in [0.1, 0.15) is 0 Å². The molecular formula is C16H24N4O2. The molecule has 6 nitrogen and oxygen atoms in total. The van der Waals surface area contributed by atoms with Crippen molar-refractivity contribution in [3.8, 4) is 0 Å². The predicted octanol–water partition coefficient (Wildman–Crippen LogP) is 2.16. The van der Waals surface area contributed by atoms with Crippen LogP contribution in [0.5, 0.6) is 0 Å². The molecule has 1 N–H and O–H groups in total. The number of carbonyl (C=O) groups is 1. The summed E-state index contributed by atoms with van der Waals surface area (Å²) in [4.78, 5) is 15.5. The third-order valence-corrected chi connectivity index (χ3v) is 4.73. The van der Waals surface area contributed by atoms with Crippen molar-refractivity contribution in [3.63, 3.8) is 0 Å². The topological polar surface area (TPSA) is 69.6 Å². The number of nitrogens with zero attached hydrogens (tertiary/aromatic N) is 4. The minimum Gasteiger partial charge on any atom is -0.481 e. The highest BCUT2D eigenvalue weighted by Gasteiger charge is 2.25. The Balaban J connectivity index is 1.61. The summed E-state index contributed by atoms with van der Waals surface area (Å²) in [7, 11) is 0. The number of hydrogen-bond acceptors (Lipinski definition) is 5. The summed E-state index contributed by atoms with van der Waals surface area (Å²) in [6.45, 7) is 3.62. The highest BCUT2D eigenvalue weighted by molar-refractivity contribution is 5.70. The van der Waals surface area contributed by atoms with E-state index in [2.05, 4.69) is 26.1 Å². The molecule has 0 unspecified atom stereocenters. The summed E-state index contributed by atoms with van der Waals surface area (Å²) in [6.07, 6.45) is 6.44. The molecule has 22 heavy (non-hydrogen) atoms. The average molecular weight is 304 g/mol. The Morgan fingerprint density at radius 2 is 1.41 bits per heavy atom. The average Bonchev–Trinajstić information content (AvgIpc) is 2.84. The molecule has 0 bridgehead atoms. The van der Waals surface area contributed by atoms with Crippen LogP contribution < -0.4 is 9.80 Å². The van der Waals surface area contributed by atoms with Crippen LogP contribution in [0.3, 0.4) is 0 Å². The molecule has 3 heterocycles. The molecule has 6 heteroatoms. The zero-order valence-corrected chi connectivity index (χ0v) is 12.9. The van der Waals surface area contributed by atoms with Crippen molar-refractivity contribution in [1.29, 1.82) is 0 Å². The van der Waals surface area contributed by atoms with Gasteiger partial charge in [-0.25, -0.2) is 0 Å². The van der Waals surface area contributed by atoms with Crippen molar-refractivity contribution in [2.24, 2.45) is 5.92 Å². The number of aromatic nitrogens is 2. The number of aliphatic carboxylic acids is 1. The van der Waals surface area contributed by atoms with E-state index in [1.165, 1.54) is 25.7 Å². The quantitative estimate of drug-likeness (QED) is 0.923. The number of piperidine rings is 1. The van der Waals surface area contributed by atoms with Crippen LogP contribution in [0.15, 0.2) is 12.1 Å². The van der Waals surface area contributed by atoms with Crippen molar-refractivity contribution in [3.05, 3.63) is 12.1 Å². The maximum Gasteiger partial charge on any atom is 0.306 e. The molecule has 0 aliphatic carbocycles. The lowest BCUT2D eigenvalue weighted by Crippen LogP contribution is -2.37. The van der Waals surface area contributed by atoms with Crippen LogP contribution in [0, 0.1) is 5.92 Å². The minimum absolute atomic E-state index is 0.208. The Bertz CT molecular complexity index is 489. The summed E-state index contributed by atoms with van der Waals surface area (Å²) in [5.74, 6) is 0.941. The zero-order valence-electron chi connectivity index (χ0n) is 12.9. The fourth-order valence-electron chi connectivity index (χ4n) is 3.31. The lowest BCUT2D eigenvalue weighted by Gasteiger charge is -2.31. The number of hydrogen-bond donors (Lipinski definition) is 1. The van der Waals surface area contributed by atoms with E-state index in [1.54, 1.807) is 0 Å². The van der Waals surface area contributed by atoms with Crippen molar-refractivity contribution in [2.45, 2.75) is 38.5 Å². The molecule has 1 aromatic heterocycles. The van der Waals surface area contributed by atoms with Crippen LogP contribution in [0.1, 0.15) is 38.5 Å². The summed E-state index contributed by atoms with van der Waals surface area (Å²) >= 11 is 0. The summed E-state index contributed by atoms with van der Waals surface area (Å²) in [5, 5.41) is 17.8. The highest BCUT2D eigenvalue weighted by Crippen LogP contribution is 2.23. The molecule has 120 valence electrons. The van der Waals surface area contributed by atoms with Crippen molar-refractivity contribution in [2.75, 3.05) is 36.0 Å². The van der Waals surface area contributed by atoms with Crippen molar-refractivity contribution >= 4 is 17.6 Å². The van der Waals surface area contributed by atoms with Gasteiger partial charge in [-0.15, -0.1) is 10.2 Å². The van der Waals surface area contributed by atoms with Crippen molar-refractivity contribution < 1.29 is 9.90 Å². The molecule has 2 saturated heterocycles. The predicted molar refractivity (Wildman–Crippen MR) is 85.3 cm³/mol. The van der Waals surface area contributed by atoms with Gasteiger partial charge in [0.15, 0.2) is 11.6 Å². The first-order valence-corrected chi connectivity index (χ1v) is 8.30. The Hall–Kier alpha value is -1.85. The molecule has 0 spiro atoms. The SMILES string of the molecule is O=C(O)C1CCN(c2ccc(N3CCCCCC3)nn2)CC1. The summed E-state index contributed by atoms with van der Waals surface area (Å²) < 4.78 is 0. The molecule has 1 aromatic rings. The lowest BCUT2D eigenvalue weighted by atomic mass is 9.97. The van der Waals surface area contributed by atoms with Crippen molar-refractivity contribution in [1.82, 2.24) is 10.2 Å². The van der Waals surface area contributed by atoms with Crippen LogP contribution >= 0.6 is 0 Å². The fourth-order valence-corrected chi connectivity index (χ4v) is 3.31. The monoisotopic (exact) mass is 304 g/mol. The lowest BCUT2D eigenvalue weighted by molar-refractivity contribution is -0.142. The first-order valence-electron chi connectivity index (χ1n) is 8.30. The zero-order chi connectivity index (χ0) is 15.4. The summed E-state index contributed by atoms with van der Waals surface area (Å²) in [6, 6.07) is 4.07. The number of rotatable bonds is 3. The second kappa shape index (κ2) is 6.94. The standard InChI is InChI=1S/C16H24N4O2/c21-16(22)13-7-11-20(12-8-13)15-6-5-14(17-18-15)19-9-3-1-2-4-10-19/h5-6,13H,1-4,7-12H2,(H,21,22). The van der Waals surface area contributed by atoms with Crippen LogP contribution in [-0.2, 0) is 4.79 Å². The Morgan fingerprint density at radius 3 is 1.86 bits per heavy atom. The molecular weight excluding hydrogens is 280 g/mol. The van der Waals surface area contributed by atoms with E-state index in [9.17, 15) is 4.79 Å². The molecule has 0 radical (unpaired) electrons. The van der Waals surface area contributed by atoms with Gasteiger partial charge in [-0.1, -0.05) is 12.8 Å². The maximum atomic E-state index is 11.0. The van der Waals surface area contributed by atoms with Crippen LogP contribution in [0.2, 0.25) is 0 Å². The minimum atomic E-state index is -0.678. The van der Waals surface area contributed by atoms with Gasteiger partial charge < -0.3 is 14.9 Å². The van der Waals surface area contributed by atoms with E-state index in [-0.39, 0.29) is 5.92 Å². The second-order valence-corrected chi connectivity index (χ2v) is 6.25. The molecule has 0 saturated carbocycles. The van der Waals surface area contributed by atoms with E-state index < -0.39 is 5.97 Å². The van der Waals surface area contributed by atoms with E-state index in [0.29, 0.717) is 12.8 Å². The van der Waals surface area contributed by atoms with E-state index in [0.717, 1.165) is 37.8 Å². The third kappa shape index (κ3) is 3.48. The van der Waals surface area contributed by atoms with Gasteiger partial charge in [-0.05, 0) is 37.8 Å². The van der Waals surface area contributed by atoms with Gasteiger partial charge in [0.2, 0.25) is 0 Å². The van der Waals surface area contributed by atoms with Gasteiger partial charge in [-0.3, -0.25) is 4.79 Å². The number of carboxylic acid groups (broad SMARTS) is 1. The van der Waals surface area contributed by atoms with Crippen LogP contribution in [0.25, 0.3) is 0 Å². The van der Waals surface area contributed by atoms with Gasteiger partial charge >= 0.3 is 5.97 Å². The fraction of sp³-hybridized carbons (Fsp3) is 0.688. The molecule has 0 amide bonds. The van der Waals surface area contributed by atoms with E-state index in [4.69, 9.17) is 5.11 Å².